The van der Waals surface area contributed by atoms with Crippen molar-refractivity contribution in [2.75, 3.05) is 0 Å². The van der Waals surface area contributed by atoms with Crippen LogP contribution in [0.3, 0.4) is 0 Å². The molecule has 14 heavy (non-hydrogen) atoms. The topological polar surface area (TPSA) is 29.5 Å². The van der Waals surface area contributed by atoms with Gasteiger partial charge < -0.3 is 4.84 Å². The number of carbonyl (C=O) groups is 1. The molecule has 0 aromatic carbocycles. The third-order valence-corrected chi connectivity index (χ3v) is 2.74. The Balaban J connectivity index is 2.63. The van der Waals surface area contributed by atoms with Crippen LogP contribution in [0.4, 0.5) is 0 Å². The van der Waals surface area contributed by atoms with Crippen molar-refractivity contribution in [3.8, 4) is 0 Å². The van der Waals surface area contributed by atoms with Gasteiger partial charge in [0.25, 0.3) is 0 Å². The minimum Gasteiger partial charge on any atom is -0.336 e. The molecule has 0 spiro atoms. The molecule has 0 unspecified atom stereocenters. The monoisotopic (exact) mass is 213 g/mol. The zero-order valence-corrected chi connectivity index (χ0v) is 9.72. The quantitative estimate of drug-likeness (QED) is 0.658. The lowest BCUT2D eigenvalue weighted by Gasteiger charge is -2.22. The highest BCUT2D eigenvalue weighted by Crippen LogP contribution is 2.29. The highest BCUT2D eigenvalue weighted by atomic mass is 32.1. The van der Waals surface area contributed by atoms with Gasteiger partial charge in [-0.25, -0.2) is 4.79 Å². The molecule has 0 fully saturated rings. The number of rotatable bonds is 2. The molecule has 1 aliphatic heterocycles. The molecule has 0 amide bonds. The van der Waals surface area contributed by atoms with Gasteiger partial charge in [-0.2, -0.15) is 5.06 Å². The Bertz CT molecular complexity index is 294. The number of carbonyl (C=O) groups excluding carboxylic acids is 1. The highest BCUT2D eigenvalue weighted by molar-refractivity contribution is 7.80. The first kappa shape index (κ1) is 11.2. The van der Waals surface area contributed by atoms with Crippen molar-refractivity contribution >= 4 is 23.2 Å². The van der Waals surface area contributed by atoms with Gasteiger partial charge in [0.05, 0.1) is 5.92 Å². The van der Waals surface area contributed by atoms with Gasteiger partial charge in [-0.05, 0) is 13.8 Å². The molecule has 1 heterocycles. The Morgan fingerprint density at radius 3 is 2.50 bits per heavy atom. The molecule has 1 rings (SSSR count). The van der Waals surface area contributed by atoms with E-state index in [1.54, 1.807) is 20.0 Å². The Labute approximate surface area is 89.7 Å². The SMILES string of the molecule is CC(C)C(=O)ON1C=CC(C)(C)C1=S. The van der Waals surface area contributed by atoms with Gasteiger partial charge in [0.15, 0.2) is 0 Å². The first-order chi connectivity index (χ1) is 6.34. The van der Waals surface area contributed by atoms with E-state index >= 15 is 0 Å². The molecule has 0 atom stereocenters. The second-order valence-electron chi connectivity index (χ2n) is 4.23. The molecule has 0 radical (unpaired) electrons. The molecule has 0 aromatic heterocycles. The maximum absolute atomic E-state index is 11.3. The molecule has 0 saturated carbocycles. The molecule has 0 N–H and O–H groups in total. The van der Waals surface area contributed by atoms with E-state index in [9.17, 15) is 4.79 Å². The lowest BCUT2D eigenvalue weighted by Crippen LogP contribution is -2.32. The summed E-state index contributed by atoms with van der Waals surface area (Å²) in [6.07, 6.45) is 3.62. The predicted octanol–water partition coefficient (Wildman–Crippen LogP) is 2.28. The van der Waals surface area contributed by atoms with Crippen LogP contribution in [0.15, 0.2) is 12.3 Å². The van der Waals surface area contributed by atoms with E-state index in [0.29, 0.717) is 4.99 Å². The Kier molecular flexibility index (Phi) is 2.95. The molecule has 1 aliphatic rings. The van der Waals surface area contributed by atoms with E-state index in [-0.39, 0.29) is 17.3 Å². The molecule has 0 aromatic rings. The van der Waals surface area contributed by atoms with Crippen LogP contribution < -0.4 is 0 Å². The molecule has 0 aliphatic carbocycles. The molecule has 78 valence electrons. The predicted molar refractivity (Wildman–Crippen MR) is 58.3 cm³/mol. The van der Waals surface area contributed by atoms with Crippen LogP contribution >= 0.6 is 12.2 Å². The third-order valence-electron chi connectivity index (χ3n) is 2.04. The van der Waals surface area contributed by atoms with Gasteiger partial charge in [0.1, 0.15) is 4.99 Å². The fraction of sp³-hybridized carbons (Fsp3) is 0.600. The van der Waals surface area contributed by atoms with E-state index < -0.39 is 0 Å². The fourth-order valence-electron chi connectivity index (χ4n) is 0.951. The number of nitrogens with zero attached hydrogens (tertiary/aromatic N) is 1. The van der Waals surface area contributed by atoms with Crippen LogP contribution in [-0.4, -0.2) is 16.0 Å². The fourth-order valence-corrected chi connectivity index (χ4v) is 1.12. The summed E-state index contributed by atoms with van der Waals surface area (Å²) in [5.41, 5.74) is -0.202. The van der Waals surface area contributed by atoms with Gasteiger partial charge in [-0.15, -0.1) is 0 Å². The summed E-state index contributed by atoms with van der Waals surface area (Å²) in [6.45, 7) is 7.54. The molecule has 4 heteroatoms. The minimum absolute atomic E-state index is 0.144. The summed E-state index contributed by atoms with van der Waals surface area (Å²) >= 11 is 5.17. The van der Waals surface area contributed by atoms with E-state index in [1.165, 1.54) is 5.06 Å². The van der Waals surface area contributed by atoms with Crippen LogP contribution in [0, 0.1) is 11.3 Å². The second kappa shape index (κ2) is 3.69. The van der Waals surface area contributed by atoms with Crippen LogP contribution in [-0.2, 0) is 9.63 Å². The maximum atomic E-state index is 11.3. The first-order valence-corrected chi connectivity index (χ1v) is 5.00. The van der Waals surface area contributed by atoms with Crippen molar-refractivity contribution in [3.63, 3.8) is 0 Å². The molecule has 3 nitrogen and oxygen atoms in total. The molecular formula is C10H15NO2S. The average Bonchev–Trinajstić information content (AvgIpc) is 2.32. The van der Waals surface area contributed by atoms with Crippen LogP contribution in [0.5, 0.6) is 0 Å². The van der Waals surface area contributed by atoms with E-state index in [2.05, 4.69) is 0 Å². The minimum atomic E-state index is -0.269. The number of hydrogen-bond donors (Lipinski definition) is 0. The summed E-state index contributed by atoms with van der Waals surface area (Å²) in [4.78, 5) is 17.0. The van der Waals surface area contributed by atoms with Crippen molar-refractivity contribution in [2.45, 2.75) is 27.7 Å². The zero-order chi connectivity index (χ0) is 10.9. The standard InChI is InChI=1S/C10H15NO2S/c1-7(2)8(12)13-11-6-5-10(3,4)9(11)14/h5-7H,1-4H3. The van der Waals surface area contributed by atoms with Crippen molar-refractivity contribution in [1.82, 2.24) is 5.06 Å². The summed E-state index contributed by atoms with van der Waals surface area (Å²) in [5, 5.41) is 1.37. The van der Waals surface area contributed by atoms with Gasteiger partial charge in [0, 0.05) is 11.6 Å². The number of hydrogen-bond acceptors (Lipinski definition) is 3. The largest absolute Gasteiger partial charge is 0.336 e. The van der Waals surface area contributed by atoms with E-state index in [0.717, 1.165) is 0 Å². The van der Waals surface area contributed by atoms with Crippen LogP contribution in [0.2, 0.25) is 0 Å². The summed E-state index contributed by atoms with van der Waals surface area (Å²) < 4.78 is 0. The highest BCUT2D eigenvalue weighted by Gasteiger charge is 2.32. The van der Waals surface area contributed by atoms with Crippen molar-refractivity contribution in [1.29, 1.82) is 0 Å². The van der Waals surface area contributed by atoms with Crippen LogP contribution in [0.25, 0.3) is 0 Å². The number of hydroxylamine groups is 2. The molecular weight excluding hydrogens is 198 g/mol. The van der Waals surface area contributed by atoms with Gasteiger partial charge in [-0.1, -0.05) is 32.1 Å². The van der Waals surface area contributed by atoms with Crippen molar-refractivity contribution in [2.24, 2.45) is 11.3 Å². The number of thiocarbonyl (C=S) groups is 1. The van der Waals surface area contributed by atoms with Gasteiger partial charge in [0.2, 0.25) is 0 Å². The summed E-state index contributed by atoms with van der Waals surface area (Å²) in [6, 6.07) is 0. The Morgan fingerprint density at radius 2 is 2.14 bits per heavy atom. The summed E-state index contributed by atoms with van der Waals surface area (Å²) in [5.74, 6) is -0.412. The van der Waals surface area contributed by atoms with E-state index in [4.69, 9.17) is 17.1 Å². The smallest absolute Gasteiger partial charge is 0.335 e. The first-order valence-electron chi connectivity index (χ1n) is 4.59. The zero-order valence-electron chi connectivity index (χ0n) is 8.90. The van der Waals surface area contributed by atoms with Crippen molar-refractivity contribution in [3.05, 3.63) is 12.3 Å². The van der Waals surface area contributed by atoms with Gasteiger partial charge in [-0.3, -0.25) is 0 Å². The van der Waals surface area contributed by atoms with Gasteiger partial charge >= 0.3 is 5.97 Å². The van der Waals surface area contributed by atoms with Crippen LogP contribution in [0.1, 0.15) is 27.7 Å². The Hall–Kier alpha value is -0.900. The second-order valence-corrected chi connectivity index (χ2v) is 4.62. The lowest BCUT2D eigenvalue weighted by molar-refractivity contribution is -0.169. The summed E-state index contributed by atoms with van der Waals surface area (Å²) in [7, 11) is 0. The van der Waals surface area contributed by atoms with Crippen molar-refractivity contribution < 1.29 is 9.63 Å². The Morgan fingerprint density at radius 1 is 1.57 bits per heavy atom. The molecule has 0 bridgehead atoms. The average molecular weight is 213 g/mol. The van der Waals surface area contributed by atoms with E-state index in [1.807, 2.05) is 19.9 Å². The third kappa shape index (κ3) is 2.12. The maximum Gasteiger partial charge on any atom is 0.335 e. The normalized spacial score (nSPS) is 19.2. The lowest BCUT2D eigenvalue weighted by atomic mass is 9.96. The molecule has 0 saturated heterocycles.